The van der Waals surface area contributed by atoms with Gasteiger partial charge < -0.3 is 24.5 Å². The highest BCUT2D eigenvalue weighted by Gasteiger charge is 2.21. The summed E-state index contributed by atoms with van der Waals surface area (Å²) in [6, 6.07) is 13.8. The molecule has 31 heavy (non-hydrogen) atoms. The summed E-state index contributed by atoms with van der Waals surface area (Å²) in [4.78, 5) is 25.9. The van der Waals surface area contributed by atoms with Gasteiger partial charge in [0.2, 0.25) is 5.91 Å². The smallest absolute Gasteiger partial charge is 0.294 e. The second-order valence-electron chi connectivity index (χ2n) is 8.15. The molecule has 0 aliphatic rings. The van der Waals surface area contributed by atoms with Gasteiger partial charge in [0.15, 0.2) is 0 Å². The van der Waals surface area contributed by atoms with Crippen molar-refractivity contribution in [3.05, 3.63) is 52.6 Å². The first-order chi connectivity index (χ1) is 14.8. The summed E-state index contributed by atoms with van der Waals surface area (Å²) in [5, 5.41) is 24.6. The van der Waals surface area contributed by atoms with Gasteiger partial charge in [0.1, 0.15) is 25.0 Å². The van der Waals surface area contributed by atoms with E-state index < -0.39 is 11.2 Å². The molecule has 1 unspecified atom stereocenters. The van der Waals surface area contributed by atoms with Gasteiger partial charge in [0.25, 0.3) is 5.09 Å². The summed E-state index contributed by atoms with van der Waals surface area (Å²) in [6.07, 6.45) is 0.624. The summed E-state index contributed by atoms with van der Waals surface area (Å²) in [7, 11) is 4.05. The second-order valence-corrected chi connectivity index (χ2v) is 8.15. The Bertz CT molecular complexity index is 853. The minimum absolute atomic E-state index is 0.0803. The van der Waals surface area contributed by atoms with Gasteiger partial charge in [-0.25, -0.2) is 0 Å². The Labute approximate surface area is 182 Å². The predicted molar refractivity (Wildman–Crippen MR) is 117 cm³/mol. The molecule has 0 fully saturated rings. The van der Waals surface area contributed by atoms with E-state index in [1.54, 1.807) is 0 Å². The third-order valence-corrected chi connectivity index (χ3v) is 4.89. The number of nitrogens with zero attached hydrogens (tertiary/aromatic N) is 2. The first kappa shape index (κ1) is 24.4. The van der Waals surface area contributed by atoms with Crippen molar-refractivity contribution in [1.82, 2.24) is 5.32 Å². The summed E-state index contributed by atoms with van der Waals surface area (Å²) in [6.45, 7) is 1.94. The fourth-order valence-corrected chi connectivity index (χ4v) is 3.42. The number of amides is 1. The molecule has 0 bridgehead atoms. The van der Waals surface area contributed by atoms with Gasteiger partial charge in [-0.05, 0) is 17.9 Å². The van der Waals surface area contributed by atoms with Gasteiger partial charge in [-0.3, -0.25) is 4.79 Å². The number of rotatable bonds is 14. The van der Waals surface area contributed by atoms with Crippen LogP contribution in [0.4, 0.5) is 0 Å². The number of carbonyl (C=O) groups is 1. The summed E-state index contributed by atoms with van der Waals surface area (Å²) in [5.74, 6) is 0.606. The molecule has 0 saturated carbocycles. The minimum Gasteiger partial charge on any atom is -0.490 e. The second kappa shape index (κ2) is 12.1. The van der Waals surface area contributed by atoms with Crippen LogP contribution >= 0.6 is 0 Å². The van der Waals surface area contributed by atoms with Crippen molar-refractivity contribution in [3.8, 4) is 5.75 Å². The molecule has 0 spiro atoms. The fourth-order valence-electron chi connectivity index (χ4n) is 3.42. The molecular weight excluding hydrogens is 402 g/mol. The number of aliphatic hydroxyl groups excluding tert-OH is 1. The molecule has 0 radical (unpaired) electrons. The molecule has 2 N–H and O–H groups in total. The molecule has 2 aromatic carbocycles. The highest BCUT2D eigenvalue weighted by Crippen LogP contribution is 2.25. The average molecular weight is 435 g/mol. The van der Waals surface area contributed by atoms with Gasteiger partial charge >= 0.3 is 0 Å². The lowest BCUT2D eigenvalue weighted by Gasteiger charge is -2.32. The van der Waals surface area contributed by atoms with Crippen LogP contribution in [0.2, 0.25) is 0 Å². The molecule has 9 heteroatoms. The van der Waals surface area contributed by atoms with Gasteiger partial charge in [0, 0.05) is 24.8 Å². The number of nitrogens with one attached hydrogen (secondary N) is 1. The first-order valence-electron chi connectivity index (χ1n) is 10.4. The van der Waals surface area contributed by atoms with Crippen molar-refractivity contribution in [2.24, 2.45) is 0 Å². The standard InChI is InChI=1S/C22H31N3O6/c1-25(2,14-7-13-23-22(27)12-6-15-31-24(28)29)16-19(26)17-30-21-11-5-9-18-8-3-4-10-20(18)21/h3-5,8-11,19,26H,6-7,12-17H2,1-2H3/p+1. The largest absolute Gasteiger partial charge is 0.490 e. The van der Waals surface area contributed by atoms with Crippen LogP contribution in [0, 0.1) is 10.1 Å². The van der Waals surface area contributed by atoms with Crippen molar-refractivity contribution in [2.75, 3.05) is 46.9 Å². The minimum atomic E-state index is -0.862. The molecule has 2 rings (SSSR count). The number of fused-ring (bicyclic) bond motifs is 1. The molecule has 1 atom stereocenters. The van der Waals surface area contributed by atoms with E-state index in [2.05, 4.69) is 10.2 Å². The number of ether oxygens (including phenoxy) is 1. The van der Waals surface area contributed by atoms with Crippen LogP contribution in [-0.4, -0.2) is 73.6 Å². The topological polar surface area (TPSA) is 111 Å². The number of benzene rings is 2. The van der Waals surface area contributed by atoms with Crippen molar-refractivity contribution < 1.29 is 29.0 Å². The SMILES string of the molecule is C[N+](C)(CCCNC(=O)CCCO[N+](=O)[O-])CC(O)COc1cccc2ccccc12. The van der Waals surface area contributed by atoms with Crippen LogP contribution in [0.15, 0.2) is 42.5 Å². The normalized spacial score (nSPS) is 12.4. The Kier molecular flexibility index (Phi) is 9.48. The van der Waals surface area contributed by atoms with E-state index in [1.807, 2.05) is 56.6 Å². The van der Waals surface area contributed by atoms with E-state index in [1.165, 1.54) is 0 Å². The van der Waals surface area contributed by atoms with Gasteiger partial charge in [-0.1, -0.05) is 36.4 Å². The van der Waals surface area contributed by atoms with Crippen LogP contribution in [0.5, 0.6) is 5.75 Å². The van der Waals surface area contributed by atoms with Gasteiger partial charge in [-0.2, -0.15) is 0 Å². The zero-order valence-electron chi connectivity index (χ0n) is 18.2. The average Bonchev–Trinajstić information content (AvgIpc) is 2.72. The Balaban J connectivity index is 1.66. The monoisotopic (exact) mass is 434 g/mol. The number of aliphatic hydroxyl groups is 1. The molecule has 0 saturated heterocycles. The maximum Gasteiger partial charge on any atom is 0.294 e. The van der Waals surface area contributed by atoms with Crippen LogP contribution in [-0.2, 0) is 9.63 Å². The number of likely N-dealkylation sites (N-methyl/N-ethyl adjacent to an activating group) is 1. The maximum absolute atomic E-state index is 11.7. The number of hydrogen-bond acceptors (Lipinski definition) is 6. The fraction of sp³-hybridized carbons (Fsp3) is 0.500. The van der Waals surface area contributed by atoms with Crippen LogP contribution in [0.25, 0.3) is 10.8 Å². The van der Waals surface area contributed by atoms with E-state index in [9.17, 15) is 20.0 Å². The van der Waals surface area contributed by atoms with Crippen LogP contribution in [0.1, 0.15) is 19.3 Å². The zero-order chi connectivity index (χ0) is 22.7. The lowest BCUT2D eigenvalue weighted by Crippen LogP contribution is -2.48. The maximum atomic E-state index is 11.7. The van der Waals surface area contributed by atoms with E-state index in [0.29, 0.717) is 24.0 Å². The molecule has 0 aliphatic heterocycles. The molecule has 0 heterocycles. The summed E-state index contributed by atoms with van der Waals surface area (Å²) < 4.78 is 6.47. The Hall–Kier alpha value is -2.91. The highest BCUT2D eigenvalue weighted by molar-refractivity contribution is 5.88. The molecule has 2 aromatic rings. The highest BCUT2D eigenvalue weighted by atomic mass is 16.9. The molecule has 0 aromatic heterocycles. The number of hydrogen-bond donors (Lipinski definition) is 2. The van der Waals surface area contributed by atoms with Crippen LogP contribution < -0.4 is 10.1 Å². The van der Waals surface area contributed by atoms with Gasteiger partial charge in [0.05, 0.1) is 27.2 Å². The molecule has 1 amide bonds. The Morgan fingerprint density at radius 3 is 2.71 bits per heavy atom. The van der Waals surface area contributed by atoms with Crippen molar-refractivity contribution in [3.63, 3.8) is 0 Å². The van der Waals surface area contributed by atoms with E-state index in [-0.39, 0.29) is 25.5 Å². The zero-order valence-corrected chi connectivity index (χ0v) is 18.2. The predicted octanol–water partition coefficient (Wildman–Crippen LogP) is 2.15. The molecule has 9 nitrogen and oxygen atoms in total. The Morgan fingerprint density at radius 2 is 1.94 bits per heavy atom. The van der Waals surface area contributed by atoms with Crippen molar-refractivity contribution in [1.29, 1.82) is 0 Å². The number of quaternary nitrogens is 1. The third kappa shape index (κ3) is 9.18. The lowest BCUT2D eigenvalue weighted by molar-refractivity contribution is -0.893. The lowest BCUT2D eigenvalue weighted by atomic mass is 10.1. The third-order valence-electron chi connectivity index (χ3n) is 4.89. The Morgan fingerprint density at radius 1 is 1.19 bits per heavy atom. The first-order valence-corrected chi connectivity index (χ1v) is 10.4. The summed E-state index contributed by atoms with van der Waals surface area (Å²) in [5.41, 5.74) is 0. The molecular formula is C22H32N3O6+. The molecule has 0 aliphatic carbocycles. The molecule has 170 valence electrons. The quantitative estimate of drug-likeness (QED) is 0.204. The van der Waals surface area contributed by atoms with Crippen molar-refractivity contribution in [2.45, 2.75) is 25.4 Å². The van der Waals surface area contributed by atoms with Crippen LogP contribution in [0.3, 0.4) is 0 Å². The van der Waals surface area contributed by atoms with E-state index in [0.717, 1.165) is 29.5 Å². The summed E-state index contributed by atoms with van der Waals surface area (Å²) >= 11 is 0. The van der Waals surface area contributed by atoms with E-state index in [4.69, 9.17) is 4.74 Å². The van der Waals surface area contributed by atoms with Crippen molar-refractivity contribution >= 4 is 16.7 Å². The number of carbonyl (C=O) groups excluding carboxylic acids is 1. The van der Waals surface area contributed by atoms with Gasteiger partial charge in [-0.15, -0.1) is 10.1 Å². The van der Waals surface area contributed by atoms with E-state index >= 15 is 0 Å².